The molecular formula is C31H36FN3O3. The van der Waals surface area contributed by atoms with Crippen LogP contribution in [0.3, 0.4) is 0 Å². The summed E-state index contributed by atoms with van der Waals surface area (Å²) in [7, 11) is 0. The number of amides is 2. The number of halogens is 1. The maximum Gasteiger partial charge on any atom is 0.407 e. The number of hydrogen-bond acceptors (Lipinski definition) is 4. The number of likely N-dealkylation sites (tertiary alicyclic amines) is 2. The van der Waals surface area contributed by atoms with Crippen molar-refractivity contribution in [3.63, 3.8) is 0 Å². The summed E-state index contributed by atoms with van der Waals surface area (Å²) in [6, 6.07) is 20.7. The van der Waals surface area contributed by atoms with E-state index in [4.69, 9.17) is 4.74 Å². The van der Waals surface area contributed by atoms with Gasteiger partial charge in [0.2, 0.25) is 0 Å². The van der Waals surface area contributed by atoms with E-state index in [0.29, 0.717) is 37.7 Å². The van der Waals surface area contributed by atoms with Gasteiger partial charge in [-0.2, -0.15) is 0 Å². The minimum Gasteiger partial charge on any atom is -0.449 e. The van der Waals surface area contributed by atoms with Crippen LogP contribution in [-0.2, 0) is 4.74 Å². The smallest absolute Gasteiger partial charge is 0.407 e. The zero-order chi connectivity index (χ0) is 26.5. The minimum absolute atomic E-state index is 0.0299. The zero-order valence-corrected chi connectivity index (χ0v) is 21.9. The van der Waals surface area contributed by atoms with E-state index in [9.17, 15) is 14.0 Å². The predicted molar refractivity (Wildman–Crippen MR) is 147 cm³/mol. The summed E-state index contributed by atoms with van der Waals surface area (Å²) in [6.07, 6.45) is 1.64. The molecule has 5 rings (SSSR count). The Kier molecular flexibility index (Phi) is 8.23. The summed E-state index contributed by atoms with van der Waals surface area (Å²) in [5.74, 6) is 0.562. The number of piperidine rings is 1. The molecule has 0 spiro atoms. The number of ether oxygens (including phenoxy) is 1. The van der Waals surface area contributed by atoms with Gasteiger partial charge in [0.1, 0.15) is 5.82 Å². The largest absolute Gasteiger partial charge is 0.449 e. The summed E-state index contributed by atoms with van der Waals surface area (Å²) in [6.45, 7) is 6.66. The number of benzene rings is 3. The first-order chi connectivity index (χ1) is 18.5. The summed E-state index contributed by atoms with van der Waals surface area (Å²) in [5, 5.41) is 4.70. The van der Waals surface area contributed by atoms with Gasteiger partial charge in [-0.05, 0) is 79.2 Å². The van der Waals surface area contributed by atoms with Crippen LogP contribution < -0.4 is 5.32 Å². The van der Waals surface area contributed by atoms with Crippen molar-refractivity contribution >= 4 is 22.8 Å². The normalized spacial score (nSPS) is 20.5. The number of fused-ring (bicyclic) bond motifs is 1. The number of alkyl carbamates (subject to hydrolysis) is 1. The van der Waals surface area contributed by atoms with Gasteiger partial charge in [0.15, 0.2) is 0 Å². The Bertz CT molecular complexity index is 1250. The standard InChI is InChI=1S/C31H36FN3O3/c1-2-33-31(37)38-21-26-20-35(30(36)29-9-5-7-24-6-3-4-8-28(24)29)19-25(26)18-34-16-14-23(15-17-34)22-10-12-27(32)13-11-22/h3-13,23,25-26H,2,14-21H2,1H3,(H,33,37)/t25?,26-/m0/s1. The summed E-state index contributed by atoms with van der Waals surface area (Å²) < 4.78 is 18.9. The molecule has 38 heavy (non-hydrogen) atoms. The molecule has 2 fully saturated rings. The second kappa shape index (κ2) is 11.9. The van der Waals surface area contributed by atoms with Gasteiger partial charge < -0.3 is 19.9 Å². The Hall–Kier alpha value is -3.45. The molecule has 2 saturated heterocycles. The van der Waals surface area contributed by atoms with Gasteiger partial charge in [-0.1, -0.05) is 48.5 Å². The molecule has 3 aromatic rings. The Morgan fingerprint density at radius 1 is 0.947 bits per heavy atom. The van der Waals surface area contributed by atoms with E-state index in [2.05, 4.69) is 10.2 Å². The Morgan fingerprint density at radius 2 is 1.66 bits per heavy atom. The van der Waals surface area contributed by atoms with E-state index < -0.39 is 6.09 Å². The van der Waals surface area contributed by atoms with Crippen molar-refractivity contribution in [1.29, 1.82) is 0 Å². The van der Waals surface area contributed by atoms with Crippen molar-refractivity contribution in [3.8, 4) is 0 Å². The van der Waals surface area contributed by atoms with Gasteiger partial charge >= 0.3 is 6.09 Å². The highest BCUT2D eigenvalue weighted by Crippen LogP contribution is 2.32. The van der Waals surface area contributed by atoms with Gasteiger partial charge in [0.05, 0.1) is 6.61 Å². The molecular weight excluding hydrogens is 481 g/mol. The highest BCUT2D eigenvalue weighted by Gasteiger charge is 2.38. The molecule has 200 valence electrons. The van der Waals surface area contributed by atoms with Crippen molar-refractivity contribution in [3.05, 3.63) is 83.7 Å². The van der Waals surface area contributed by atoms with Crippen molar-refractivity contribution < 1.29 is 18.7 Å². The van der Waals surface area contributed by atoms with Crippen molar-refractivity contribution in [2.45, 2.75) is 25.7 Å². The molecule has 2 aliphatic heterocycles. The van der Waals surface area contributed by atoms with Crippen LogP contribution in [0.2, 0.25) is 0 Å². The maximum atomic E-state index is 13.7. The molecule has 1 N–H and O–H groups in total. The first-order valence-corrected chi connectivity index (χ1v) is 13.7. The van der Waals surface area contributed by atoms with E-state index in [0.717, 1.165) is 43.2 Å². The van der Waals surface area contributed by atoms with Crippen LogP contribution in [0.15, 0.2) is 66.7 Å². The molecule has 2 atom stereocenters. The first kappa shape index (κ1) is 26.2. The number of carbonyl (C=O) groups is 2. The molecule has 6 nitrogen and oxygen atoms in total. The SMILES string of the molecule is CCNC(=O)OC[C@@H]1CN(C(=O)c2cccc3ccccc23)CC1CN1CCC(c2ccc(F)cc2)CC1. The molecule has 2 heterocycles. The molecule has 7 heteroatoms. The van der Waals surface area contributed by atoms with Crippen LogP contribution in [0.4, 0.5) is 9.18 Å². The van der Waals surface area contributed by atoms with Crippen molar-refractivity contribution in [2.75, 3.05) is 45.9 Å². The third-order valence-corrected chi connectivity index (χ3v) is 8.06. The Balaban J connectivity index is 1.26. The molecule has 0 radical (unpaired) electrons. The fraction of sp³-hybridized carbons (Fsp3) is 0.419. The fourth-order valence-electron chi connectivity index (χ4n) is 5.98. The maximum absolute atomic E-state index is 13.7. The van der Waals surface area contributed by atoms with E-state index >= 15 is 0 Å². The molecule has 0 saturated carbocycles. The van der Waals surface area contributed by atoms with Crippen LogP contribution in [-0.4, -0.2) is 67.7 Å². The number of carbonyl (C=O) groups excluding carboxylic acids is 2. The highest BCUT2D eigenvalue weighted by atomic mass is 19.1. The Labute approximate surface area is 223 Å². The second-order valence-corrected chi connectivity index (χ2v) is 10.5. The van der Waals surface area contributed by atoms with Crippen LogP contribution in [0.1, 0.15) is 41.6 Å². The van der Waals surface area contributed by atoms with E-state index in [1.807, 2.05) is 66.4 Å². The molecule has 0 bridgehead atoms. The lowest BCUT2D eigenvalue weighted by Crippen LogP contribution is -2.39. The van der Waals surface area contributed by atoms with Crippen LogP contribution in [0.5, 0.6) is 0 Å². The highest BCUT2D eigenvalue weighted by molar-refractivity contribution is 6.07. The lowest BCUT2D eigenvalue weighted by Gasteiger charge is -2.34. The summed E-state index contributed by atoms with van der Waals surface area (Å²) >= 11 is 0. The lowest BCUT2D eigenvalue weighted by molar-refractivity contribution is 0.0778. The number of rotatable bonds is 7. The zero-order valence-electron chi connectivity index (χ0n) is 21.9. The van der Waals surface area contributed by atoms with Gasteiger partial charge in [-0.3, -0.25) is 4.79 Å². The fourth-order valence-corrected chi connectivity index (χ4v) is 5.98. The molecule has 0 aliphatic carbocycles. The minimum atomic E-state index is -0.412. The summed E-state index contributed by atoms with van der Waals surface area (Å²) in [5.41, 5.74) is 1.92. The van der Waals surface area contributed by atoms with Gasteiger partial charge in [0, 0.05) is 37.7 Å². The van der Waals surface area contributed by atoms with Gasteiger partial charge in [-0.15, -0.1) is 0 Å². The quantitative estimate of drug-likeness (QED) is 0.463. The molecule has 3 aromatic carbocycles. The monoisotopic (exact) mass is 517 g/mol. The third-order valence-electron chi connectivity index (χ3n) is 8.06. The van der Waals surface area contributed by atoms with E-state index in [1.54, 1.807) is 12.1 Å². The van der Waals surface area contributed by atoms with Crippen molar-refractivity contribution in [1.82, 2.24) is 15.1 Å². The number of nitrogens with zero attached hydrogens (tertiary/aromatic N) is 2. The van der Waals surface area contributed by atoms with Crippen LogP contribution >= 0.6 is 0 Å². The number of nitrogens with one attached hydrogen (secondary N) is 1. The van der Waals surface area contributed by atoms with Gasteiger partial charge in [-0.25, -0.2) is 9.18 Å². The molecule has 2 amide bonds. The third kappa shape index (κ3) is 5.99. The van der Waals surface area contributed by atoms with Crippen LogP contribution in [0.25, 0.3) is 10.8 Å². The van der Waals surface area contributed by atoms with E-state index in [-0.39, 0.29) is 23.6 Å². The lowest BCUT2D eigenvalue weighted by atomic mass is 9.88. The second-order valence-electron chi connectivity index (χ2n) is 10.5. The Morgan fingerprint density at radius 3 is 2.42 bits per heavy atom. The summed E-state index contributed by atoms with van der Waals surface area (Å²) in [4.78, 5) is 30.1. The van der Waals surface area contributed by atoms with E-state index in [1.165, 1.54) is 5.56 Å². The van der Waals surface area contributed by atoms with Gasteiger partial charge in [0.25, 0.3) is 5.91 Å². The topological polar surface area (TPSA) is 61.9 Å². The average Bonchev–Trinajstić information content (AvgIpc) is 3.34. The molecule has 1 unspecified atom stereocenters. The van der Waals surface area contributed by atoms with Crippen LogP contribution in [0, 0.1) is 17.7 Å². The predicted octanol–water partition coefficient (Wildman–Crippen LogP) is 5.29. The molecule has 0 aromatic heterocycles. The molecule has 2 aliphatic rings. The first-order valence-electron chi connectivity index (χ1n) is 13.7. The number of hydrogen-bond donors (Lipinski definition) is 1. The van der Waals surface area contributed by atoms with Crippen molar-refractivity contribution in [2.24, 2.45) is 11.8 Å². The average molecular weight is 518 g/mol.